The van der Waals surface area contributed by atoms with Gasteiger partial charge in [0.25, 0.3) is 0 Å². The molecule has 1 aliphatic heterocycles. The SMILES string of the molecule is [O]C1CCCCS1. The Morgan fingerprint density at radius 2 is 2.29 bits per heavy atom. The molecule has 0 aromatic carbocycles. The summed E-state index contributed by atoms with van der Waals surface area (Å²) in [5.74, 6) is 1.09. The van der Waals surface area contributed by atoms with Crippen molar-refractivity contribution in [2.45, 2.75) is 24.7 Å². The molecule has 1 aliphatic rings. The van der Waals surface area contributed by atoms with E-state index in [1.54, 1.807) is 11.8 Å². The van der Waals surface area contributed by atoms with E-state index < -0.39 is 0 Å². The molecule has 2 heteroatoms. The molecule has 0 N–H and O–H groups in total. The van der Waals surface area contributed by atoms with Gasteiger partial charge in [-0.15, -0.1) is 11.8 Å². The highest BCUT2D eigenvalue weighted by atomic mass is 32.2. The van der Waals surface area contributed by atoms with Crippen LogP contribution < -0.4 is 0 Å². The van der Waals surface area contributed by atoms with E-state index in [0.29, 0.717) is 0 Å². The van der Waals surface area contributed by atoms with Crippen LogP contribution in [0.2, 0.25) is 0 Å². The second kappa shape index (κ2) is 2.58. The highest BCUT2D eigenvalue weighted by molar-refractivity contribution is 7.99. The third kappa shape index (κ3) is 1.70. The quantitative estimate of drug-likeness (QED) is 0.472. The molecule has 0 saturated carbocycles. The lowest BCUT2D eigenvalue weighted by Crippen LogP contribution is -2.05. The Kier molecular flexibility index (Phi) is 2.00. The summed E-state index contributed by atoms with van der Waals surface area (Å²) in [4.78, 5) is 0. The molecule has 0 spiro atoms. The maximum absolute atomic E-state index is 10.5. The lowest BCUT2D eigenvalue weighted by molar-refractivity contribution is 0.151. The molecule has 1 atom stereocenters. The van der Waals surface area contributed by atoms with Crippen molar-refractivity contribution >= 4 is 11.8 Å². The van der Waals surface area contributed by atoms with Crippen LogP contribution in [0.15, 0.2) is 0 Å². The van der Waals surface area contributed by atoms with Gasteiger partial charge in [-0.25, -0.2) is 5.11 Å². The Bertz CT molecular complexity index is 50.0. The average molecular weight is 117 g/mol. The molecule has 7 heavy (non-hydrogen) atoms. The summed E-state index contributed by atoms with van der Waals surface area (Å²) in [6, 6.07) is 0. The maximum atomic E-state index is 10.5. The maximum Gasteiger partial charge on any atom is 0.138 e. The van der Waals surface area contributed by atoms with Crippen LogP contribution in [0.3, 0.4) is 0 Å². The van der Waals surface area contributed by atoms with Gasteiger partial charge in [0, 0.05) is 0 Å². The standard InChI is InChI=1S/C5H9OS/c6-5-3-1-2-4-7-5/h5H,1-4H2. The van der Waals surface area contributed by atoms with Crippen LogP contribution in [-0.2, 0) is 5.11 Å². The minimum atomic E-state index is -0.297. The molecular formula is C5H9OS. The lowest BCUT2D eigenvalue weighted by Gasteiger charge is -2.12. The first-order valence-electron chi connectivity index (χ1n) is 2.67. The molecule has 0 amide bonds. The Morgan fingerprint density at radius 3 is 2.57 bits per heavy atom. The van der Waals surface area contributed by atoms with Crippen LogP contribution in [0.4, 0.5) is 0 Å². The van der Waals surface area contributed by atoms with Crippen molar-refractivity contribution in [3.05, 3.63) is 0 Å². The zero-order valence-corrected chi connectivity index (χ0v) is 5.04. The van der Waals surface area contributed by atoms with E-state index in [4.69, 9.17) is 0 Å². The molecule has 0 aliphatic carbocycles. The van der Waals surface area contributed by atoms with Gasteiger partial charge >= 0.3 is 0 Å². The first-order valence-corrected chi connectivity index (χ1v) is 3.72. The molecule has 1 nitrogen and oxygen atoms in total. The van der Waals surface area contributed by atoms with E-state index in [9.17, 15) is 5.11 Å². The van der Waals surface area contributed by atoms with E-state index in [1.807, 2.05) is 0 Å². The van der Waals surface area contributed by atoms with Gasteiger partial charge in [0.15, 0.2) is 0 Å². The van der Waals surface area contributed by atoms with Crippen LogP contribution in [0.25, 0.3) is 0 Å². The predicted molar refractivity (Wildman–Crippen MR) is 30.8 cm³/mol. The van der Waals surface area contributed by atoms with E-state index in [1.165, 1.54) is 6.42 Å². The van der Waals surface area contributed by atoms with Crippen LogP contribution in [-0.4, -0.2) is 11.2 Å². The predicted octanol–water partition coefficient (Wildman–Crippen LogP) is 1.66. The summed E-state index contributed by atoms with van der Waals surface area (Å²) < 4.78 is 0. The van der Waals surface area contributed by atoms with E-state index >= 15 is 0 Å². The molecule has 0 aromatic rings. The third-order valence-corrected chi connectivity index (χ3v) is 2.27. The van der Waals surface area contributed by atoms with Gasteiger partial charge in [-0.1, -0.05) is 0 Å². The van der Waals surface area contributed by atoms with Crippen molar-refractivity contribution in [1.82, 2.24) is 0 Å². The van der Waals surface area contributed by atoms with Gasteiger partial charge < -0.3 is 0 Å². The summed E-state index contributed by atoms with van der Waals surface area (Å²) >= 11 is 1.56. The first-order chi connectivity index (χ1) is 3.39. The molecular weight excluding hydrogens is 108 g/mol. The molecule has 0 aromatic heterocycles. The van der Waals surface area contributed by atoms with Crippen molar-refractivity contribution in [3.8, 4) is 0 Å². The van der Waals surface area contributed by atoms with Crippen LogP contribution in [0.1, 0.15) is 19.3 Å². The van der Waals surface area contributed by atoms with Crippen molar-refractivity contribution in [3.63, 3.8) is 0 Å². The van der Waals surface area contributed by atoms with Crippen LogP contribution in [0, 0.1) is 0 Å². The third-order valence-electron chi connectivity index (χ3n) is 1.14. The average Bonchev–Trinajstić information content (AvgIpc) is 1.69. The summed E-state index contributed by atoms with van der Waals surface area (Å²) in [5.41, 5.74) is -0.297. The Balaban J connectivity index is 2.12. The van der Waals surface area contributed by atoms with E-state index in [0.717, 1.165) is 18.6 Å². The highest BCUT2D eigenvalue weighted by Crippen LogP contribution is 2.22. The normalized spacial score (nSPS) is 33.0. The van der Waals surface area contributed by atoms with Crippen molar-refractivity contribution in [2.24, 2.45) is 0 Å². The number of hydrogen-bond donors (Lipinski definition) is 0. The van der Waals surface area contributed by atoms with Crippen molar-refractivity contribution in [2.75, 3.05) is 5.75 Å². The largest absolute Gasteiger partial charge is 0.221 e. The molecule has 0 bridgehead atoms. The minimum Gasteiger partial charge on any atom is -0.221 e. The monoisotopic (exact) mass is 117 g/mol. The molecule has 1 rings (SSSR count). The Morgan fingerprint density at radius 1 is 1.43 bits per heavy atom. The van der Waals surface area contributed by atoms with Gasteiger partial charge in [0.2, 0.25) is 0 Å². The fourth-order valence-corrected chi connectivity index (χ4v) is 1.68. The Hall–Kier alpha value is 0.310. The zero-order chi connectivity index (χ0) is 5.11. The first kappa shape index (κ1) is 5.45. The summed E-state index contributed by atoms with van der Waals surface area (Å²) in [5, 5.41) is 10.5. The smallest absolute Gasteiger partial charge is 0.138 e. The Labute approximate surface area is 48.1 Å². The van der Waals surface area contributed by atoms with Gasteiger partial charge in [-0.3, -0.25) is 0 Å². The van der Waals surface area contributed by atoms with E-state index in [2.05, 4.69) is 0 Å². The van der Waals surface area contributed by atoms with Gasteiger partial charge in [0.1, 0.15) is 5.44 Å². The van der Waals surface area contributed by atoms with E-state index in [-0.39, 0.29) is 5.44 Å². The van der Waals surface area contributed by atoms with Gasteiger partial charge in [-0.2, -0.15) is 0 Å². The molecule has 1 radical (unpaired) electrons. The summed E-state index contributed by atoms with van der Waals surface area (Å²) in [6.45, 7) is 0. The molecule has 1 heterocycles. The number of thioether (sulfide) groups is 1. The molecule has 1 unspecified atom stereocenters. The fraction of sp³-hybridized carbons (Fsp3) is 1.00. The summed E-state index contributed by atoms with van der Waals surface area (Å²) in [7, 11) is 0. The van der Waals surface area contributed by atoms with Crippen molar-refractivity contribution < 1.29 is 5.11 Å². The minimum absolute atomic E-state index is 0.297. The topological polar surface area (TPSA) is 19.9 Å². The molecule has 1 saturated heterocycles. The lowest BCUT2D eigenvalue weighted by atomic mass is 10.2. The number of rotatable bonds is 0. The number of hydrogen-bond acceptors (Lipinski definition) is 1. The van der Waals surface area contributed by atoms with Crippen LogP contribution >= 0.6 is 11.8 Å². The molecule has 1 fully saturated rings. The van der Waals surface area contributed by atoms with Gasteiger partial charge in [0.05, 0.1) is 0 Å². The van der Waals surface area contributed by atoms with Gasteiger partial charge in [-0.05, 0) is 25.0 Å². The zero-order valence-electron chi connectivity index (χ0n) is 4.22. The fourth-order valence-electron chi connectivity index (χ4n) is 0.711. The second-order valence-corrected chi connectivity index (χ2v) is 3.06. The highest BCUT2D eigenvalue weighted by Gasteiger charge is 2.10. The summed E-state index contributed by atoms with van der Waals surface area (Å²) in [6.07, 6.45) is 3.30. The molecule has 41 valence electrons. The van der Waals surface area contributed by atoms with Crippen molar-refractivity contribution in [1.29, 1.82) is 0 Å². The van der Waals surface area contributed by atoms with Crippen LogP contribution in [0.5, 0.6) is 0 Å². The second-order valence-electron chi connectivity index (χ2n) is 1.80.